The van der Waals surface area contributed by atoms with Crippen molar-refractivity contribution in [3.05, 3.63) is 0 Å². The second-order valence-electron chi connectivity index (χ2n) is 1.59. The van der Waals surface area contributed by atoms with Crippen LogP contribution in [0.2, 0.25) is 0 Å². The normalized spacial score (nSPS) is 13.2. The highest BCUT2D eigenvalue weighted by Gasteiger charge is 2.03. The largest absolute Gasteiger partial charge is 0.481 e. The molecule has 0 aromatic carbocycles. The molecule has 0 rings (SSSR count). The summed E-state index contributed by atoms with van der Waals surface area (Å²) in [6, 6.07) is -0.396. The van der Waals surface area contributed by atoms with Gasteiger partial charge < -0.3 is 16.6 Å². The van der Waals surface area contributed by atoms with Crippen LogP contribution in [0.15, 0.2) is 0 Å². The van der Waals surface area contributed by atoms with Gasteiger partial charge in [0.1, 0.15) is 0 Å². The van der Waals surface area contributed by atoms with E-state index in [4.69, 9.17) is 16.6 Å². The quantitative estimate of drug-likeness (QED) is 0.432. The lowest BCUT2D eigenvalue weighted by molar-refractivity contribution is -0.137. The summed E-state index contributed by atoms with van der Waals surface area (Å²) in [5.74, 6) is -0.900. The summed E-state index contributed by atoms with van der Waals surface area (Å²) in [7, 11) is 0. The molecule has 0 spiro atoms. The van der Waals surface area contributed by atoms with E-state index in [1.165, 1.54) is 0 Å². The van der Waals surface area contributed by atoms with E-state index < -0.39 is 12.0 Å². The molecule has 0 aliphatic carbocycles. The average molecular weight is 118 g/mol. The summed E-state index contributed by atoms with van der Waals surface area (Å²) in [6.07, 6.45) is -0.0451. The predicted molar refractivity (Wildman–Crippen MR) is 29.3 cm³/mol. The Balaban J connectivity index is 3.24. The van der Waals surface area contributed by atoms with Gasteiger partial charge in [-0.15, -0.1) is 0 Å². The third-order valence-electron chi connectivity index (χ3n) is 0.740. The lowest BCUT2D eigenvalue weighted by Crippen LogP contribution is -2.31. The molecule has 4 nitrogen and oxygen atoms in total. The molecule has 0 aliphatic heterocycles. The Morgan fingerprint density at radius 3 is 2.38 bits per heavy atom. The molecule has 0 aromatic rings. The number of carboxylic acid groups (broad SMARTS) is 1. The maximum Gasteiger partial charge on any atom is 0.304 e. The van der Waals surface area contributed by atoms with Crippen LogP contribution in [0.5, 0.6) is 0 Å². The minimum Gasteiger partial charge on any atom is -0.481 e. The van der Waals surface area contributed by atoms with Gasteiger partial charge in [0.2, 0.25) is 0 Å². The Labute approximate surface area is 47.5 Å². The molecular formula is C4H10N2O2. The van der Waals surface area contributed by atoms with Crippen molar-refractivity contribution in [3.8, 4) is 0 Å². The van der Waals surface area contributed by atoms with E-state index in [1.807, 2.05) is 0 Å². The topological polar surface area (TPSA) is 89.3 Å². The Hall–Kier alpha value is -0.610. The van der Waals surface area contributed by atoms with Gasteiger partial charge in [0.25, 0.3) is 0 Å². The highest BCUT2D eigenvalue weighted by Crippen LogP contribution is 1.82. The summed E-state index contributed by atoms with van der Waals surface area (Å²) in [5.41, 5.74) is 10.2. The number of nitrogens with two attached hydrogens (primary N) is 2. The molecule has 0 amide bonds. The van der Waals surface area contributed by atoms with Crippen molar-refractivity contribution in [3.63, 3.8) is 0 Å². The summed E-state index contributed by atoms with van der Waals surface area (Å²) in [5, 5.41) is 8.08. The van der Waals surface area contributed by atoms with E-state index in [2.05, 4.69) is 0 Å². The fourth-order valence-corrected chi connectivity index (χ4v) is 0.308. The fourth-order valence-electron chi connectivity index (χ4n) is 0.308. The van der Waals surface area contributed by atoms with Crippen LogP contribution in [0.25, 0.3) is 0 Å². The molecule has 0 heterocycles. The molecule has 0 saturated heterocycles. The van der Waals surface area contributed by atoms with Crippen molar-refractivity contribution in [2.24, 2.45) is 11.5 Å². The summed E-state index contributed by atoms with van der Waals surface area (Å²) >= 11 is 0. The Kier molecular flexibility index (Phi) is 3.14. The van der Waals surface area contributed by atoms with Gasteiger partial charge in [0.05, 0.1) is 6.42 Å². The predicted octanol–water partition coefficient (Wildman–Crippen LogP) is -1.25. The highest BCUT2D eigenvalue weighted by molar-refractivity contribution is 5.67. The monoisotopic (exact) mass is 118 g/mol. The third-order valence-corrected chi connectivity index (χ3v) is 0.740. The molecule has 0 unspecified atom stereocenters. The number of rotatable bonds is 3. The molecular weight excluding hydrogens is 108 g/mol. The molecule has 0 bridgehead atoms. The maximum atomic E-state index is 9.83. The first-order valence-corrected chi connectivity index (χ1v) is 2.34. The lowest BCUT2D eigenvalue weighted by atomic mass is 10.2. The first-order valence-electron chi connectivity index (χ1n) is 2.34. The van der Waals surface area contributed by atoms with Crippen LogP contribution in [0.1, 0.15) is 6.42 Å². The van der Waals surface area contributed by atoms with Crippen LogP contribution in [-0.4, -0.2) is 23.7 Å². The first kappa shape index (κ1) is 7.39. The van der Waals surface area contributed by atoms with Gasteiger partial charge in [-0.2, -0.15) is 0 Å². The summed E-state index contributed by atoms with van der Waals surface area (Å²) < 4.78 is 0. The second kappa shape index (κ2) is 3.40. The van der Waals surface area contributed by atoms with Gasteiger partial charge >= 0.3 is 5.97 Å². The zero-order valence-electron chi connectivity index (χ0n) is 4.50. The van der Waals surface area contributed by atoms with Crippen LogP contribution >= 0.6 is 0 Å². The van der Waals surface area contributed by atoms with Crippen LogP contribution in [-0.2, 0) is 4.79 Å². The molecule has 0 radical (unpaired) electrons. The lowest BCUT2D eigenvalue weighted by Gasteiger charge is -2.01. The molecule has 8 heavy (non-hydrogen) atoms. The van der Waals surface area contributed by atoms with Crippen molar-refractivity contribution in [2.45, 2.75) is 12.5 Å². The first-order chi connectivity index (χ1) is 3.66. The standard InChI is InChI=1S/C4H10N2O2/c5-2-3(6)1-4(7)8/h3H,1-2,5-6H2,(H,7,8)/t3-/m1/s1. The van der Waals surface area contributed by atoms with E-state index in [1.54, 1.807) is 0 Å². The molecule has 0 aromatic heterocycles. The van der Waals surface area contributed by atoms with Crippen LogP contribution in [0.3, 0.4) is 0 Å². The van der Waals surface area contributed by atoms with E-state index in [0.717, 1.165) is 0 Å². The van der Waals surface area contributed by atoms with Crippen LogP contribution in [0.4, 0.5) is 0 Å². The second-order valence-corrected chi connectivity index (χ2v) is 1.59. The number of carboxylic acids is 1. The number of hydrogen-bond acceptors (Lipinski definition) is 3. The Bertz CT molecular complexity index is 84.1. The zero-order chi connectivity index (χ0) is 6.57. The number of hydrogen-bond donors (Lipinski definition) is 3. The van der Waals surface area contributed by atoms with Crippen molar-refractivity contribution < 1.29 is 9.90 Å². The molecule has 48 valence electrons. The van der Waals surface area contributed by atoms with E-state index in [9.17, 15) is 4.79 Å². The van der Waals surface area contributed by atoms with Crippen molar-refractivity contribution in [1.82, 2.24) is 0 Å². The van der Waals surface area contributed by atoms with Gasteiger partial charge in [-0.05, 0) is 0 Å². The fraction of sp³-hybridized carbons (Fsp3) is 0.750. The highest BCUT2D eigenvalue weighted by atomic mass is 16.4. The van der Waals surface area contributed by atoms with Gasteiger partial charge in [0.15, 0.2) is 0 Å². The van der Waals surface area contributed by atoms with Gasteiger partial charge in [0, 0.05) is 12.6 Å². The molecule has 4 heteroatoms. The van der Waals surface area contributed by atoms with E-state index in [-0.39, 0.29) is 13.0 Å². The van der Waals surface area contributed by atoms with Gasteiger partial charge in [-0.3, -0.25) is 4.79 Å². The minimum atomic E-state index is -0.900. The number of carbonyl (C=O) groups is 1. The van der Waals surface area contributed by atoms with E-state index >= 15 is 0 Å². The zero-order valence-corrected chi connectivity index (χ0v) is 4.50. The smallest absolute Gasteiger partial charge is 0.304 e. The SMILES string of the molecule is NC[C@H](N)CC(=O)O. The third kappa shape index (κ3) is 3.58. The summed E-state index contributed by atoms with van der Waals surface area (Å²) in [4.78, 5) is 9.83. The Morgan fingerprint density at radius 2 is 2.25 bits per heavy atom. The van der Waals surface area contributed by atoms with Crippen molar-refractivity contribution in [1.29, 1.82) is 0 Å². The Morgan fingerprint density at radius 1 is 1.75 bits per heavy atom. The van der Waals surface area contributed by atoms with Gasteiger partial charge in [-0.1, -0.05) is 0 Å². The molecule has 0 aliphatic rings. The number of aliphatic carboxylic acids is 1. The summed E-state index contributed by atoms with van der Waals surface area (Å²) in [6.45, 7) is 0.228. The molecule has 1 atom stereocenters. The van der Waals surface area contributed by atoms with Crippen LogP contribution in [0, 0.1) is 0 Å². The minimum absolute atomic E-state index is 0.0451. The van der Waals surface area contributed by atoms with E-state index in [0.29, 0.717) is 0 Å². The molecule has 0 fully saturated rings. The van der Waals surface area contributed by atoms with Crippen LogP contribution < -0.4 is 11.5 Å². The maximum absolute atomic E-state index is 9.83. The molecule has 5 N–H and O–H groups in total. The van der Waals surface area contributed by atoms with Crippen molar-refractivity contribution >= 4 is 5.97 Å². The molecule has 0 saturated carbocycles. The average Bonchev–Trinajstić information content (AvgIpc) is 1.65. The van der Waals surface area contributed by atoms with Gasteiger partial charge in [-0.25, -0.2) is 0 Å². The van der Waals surface area contributed by atoms with Crippen molar-refractivity contribution in [2.75, 3.05) is 6.54 Å².